The molecule has 4 saturated carbocycles. The third-order valence-corrected chi connectivity index (χ3v) is 12.0. The lowest BCUT2D eigenvalue weighted by molar-refractivity contribution is -0.273. The molecule has 13 atom stereocenters. The van der Waals surface area contributed by atoms with E-state index in [1.807, 2.05) is 0 Å². The highest BCUT2D eigenvalue weighted by molar-refractivity contribution is 5.15. The number of aliphatic hydroxyl groups is 2. The summed E-state index contributed by atoms with van der Waals surface area (Å²) in [6.45, 7) is 10.6. The molecule has 4 heteroatoms. The average Bonchev–Trinajstić information content (AvgIpc) is 3.16. The highest BCUT2D eigenvalue weighted by Gasteiger charge is 2.69. The van der Waals surface area contributed by atoms with Crippen LogP contribution in [0.4, 0.5) is 0 Å². The van der Waals surface area contributed by atoms with Crippen LogP contribution in [0.2, 0.25) is 0 Å². The summed E-state index contributed by atoms with van der Waals surface area (Å²) in [5.41, 5.74) is 0.550. The number of fused-ring (bicyclic) bond motifs is 7. The fourth-order valence-electron chi connectivity index (χ4n) is 10.3. The van der Waals surface area contributed by atoms with E-state index in [4.69, 9.17) is 9.47 Å². The molecule has 2 heterocycles. The Bertz CT molecular complexity index is 716. The van der Waals surface area contributed by atoms with Gasteiger partial charge in [0.1, 0.15) is 0 Å². The molecular formula is C27H44O4. The zero-order valence-electron chi connectivity index (χ0n) is 20.1. The van der Waals surface area contributed by atoms with Gasteiger partial charge in [0.05, 0.1) is 24.9 Å². The number of hydrogen-bond donors (Lipinski definition) is 2. The Balaban J connectivity index is 1.26. The van der Waals surface area contributed by atoms with E-state index in [0.29, 0.717) is 41.1 Å². The maximum Gasteiger partial charge on any atom is 0.171 e. The highest BCUT2D eigenvalue weighted by atomic mass is 16.7. The minimum absolute atomic E-state index is 0.191. The van der Waals surface area contributed by atoms with E-state index < -0.39 is 12.2 Å². The minimum Gasteiger partial charge on any atom is -0.390 e. The zero-order chi connectivity index (χ0) is 21.8. The first-order chi connectivity index (χ1) is 14.7. The predicted octanol–water partition coefficient (Wildman–Crippen LogP) is 4.76. The lowest BCUT2D eigenvalue weighted by atomic mass is 9.44. The average molecular weight is 433 g/mol. The van der Waals surface area contributed by atoms with E-state index in [-0.39, 0.29) is 11.2 Å². The van der Waals surface area contributed by atoms with Crippen LogP contribution in [0.5, 0.6) is 0 Å². The molecule has 6 aliphatic rings. The SMILES string of the molecule is C[C@H]1CC[C@@]2(OC1)O[C@@H]1C[C@@H]3[C@H]4CC[C@H]5C[C@@H](O)[C@@H](O)C[C@]5(C)[C@@H]4CC[C@]3(C)[C@@H]1[C@H]2C. The van der Waals surface area contributed by atoms with Crippen molar-refractivity contribution in [1.29, 1.82) is 0 Å². The fourth-order valence-corrected chi connectivity index (χ4v) is 10.3. The topological polar surface area (TPSA) is 58.9 Å². The summed E-state index contributed by atoms with van der Waals surface area (Å²) in [7, 11) is 0. The van der Waals surface area contributed by atoms with Crippen LogP contribution in [-0.4, -0.2) is 40.9 Å². The molecule has 1 spiro atoms. The van der Waals surface area contributed by atoms with E-state index in [1.165, 1.54) is 38.5 Å². The molecule has 4 nitrogen and oxygen atoms in total. The molecule has 0 aromatic heterocycles. The van der Waals surface area contributed by atoms with Crippen LogP contribution in [0.15, 0.2) is 0 Å². The van der Waals surface area contributed by atoms with Gasteiger partial charge in [-0.1, -0.05) is 27.7 Å². The van der Waals surface area contributed by atoms with Crippen LogP contribution in [0, 0.1) is 52.3 Å². The maximum absolute atomic E-state index is 10.6. The van der Waals surface area contributed by atoms with Gasteiger partial charge in [-0.3, -0.25) is 0 Å². The monoisotopic (exact) mass is 432 g/mol. The summed E-state index contributed by atoms with van der Waals surface area (Å²) in [6, 6.07) is 0. The molecule has 0 aromatic rings. The van der Waals surface area contributed by atoms with Gasteiger partial charge < -0.3 is 19.7 Å². The minimum atomic E-state index is -0.537. The number of ether oxygens (including phenoxy) is 2. The molecule has 4 aliphatic carbocycles. The summed E-state index contributed by atoms with van der Waals surface area (Å²) in [5, 5.41) is 20.9. The van der Waals surface area contributed by atoms with Crippen molar-refractivity contribution >= 4 is 0 Å². The number of rotatable bonds is 0. The molecule has 6 fully saturated rings. The van der Waals surface area contributed by atoms with Gasteiger partial charge in [-0.05, 0) is 97.7 Å². The molecule has 0 unspecified atom stereocenters. The van der Waals surface area contributed by atoms with Gasteiger partial charge in [-0.25, -0.2) is 0 Å². The van der Waals surface area contributed by atoms with E-state index in [1.54, 1.807) is 0 Å². The highest BCUT2D eigenvalue weighted by Crippen LogP contribution is 2.71. The van der Waals surface area contributed by atoms with Gasteiger partial charge in [0, 0.05) is 12.3 Å². The van der Waals surface area contributed by atoms with Crippen LogP contribution in [0.25, 0.3) is 0 Å². The third kappa shape index (κ3) is 2.80. The largest absolute Gasteiger partial charge is 0.390 e. The number of hydrogen-bond acceptors (Lipinski definition) is 4. The van der Waals surface area contributed by atoms with Crippen molar-refractivity contribution in [1.82, 2.24) is 0 Å². The molecule has 2 saturated heterocycles. The second-order valence-electron chi connectivity index (χ2n) is 13.2. The first kappa shape index (κ1) is 21.4. The zero-order valence-corrected chi connectivity index (χ0v) is 20.1. The molecule has 0 aromatic carbocycles. The Hall–Kier alpha value is -0.160. The lowest BCUT2D eigenvalue weighted by Crippen LogP contribution is -2.57. The first-order valence-electron chi connectivity index (χ1n) is 13.4. The fraction of sp³-hybridized carbons (Fsp3) is 1.00. The summed E-state index contributed by atoms with van der Waals surface area (Å²) >= 11 is 0. The predicted molar refractivity (Wildman–Crippen MR) is 119 cm³/mol. The molecule has 6 rings (SSSR count). The van der Waals surface area contributed by atoms with E-state index in [2.05, 4.69) is 27.7 Å². The van der Waals surface area contributed by atoms with Crippen molar-refractivity contribution in [3.05, 3.63) is 0 Å². The van der Waals surface area contributed by atoms with Gasteiger partial charge in [-0.2, -0.15) is 0 Å². The molecule has 176 valence electrons. The van der Waals surface area contributed by atoms with Gasteiger partial charge in [-0.15, -0.1) is 0 Å². The van der Waals surface area contributed by atoms with Crippen LogP contribution in [0.1, 0.15) is 85.5 Å². The smallest absolute Gasteiger partial charge is 0.171 e. The van der Waals surface area contributed by atoms with Gasteiger partial charge in [0.15, 0.2) is 5.79 Å². The van der Waals surface area contributed by atoms with Crippen LogP contribution < -0.4 is 0 Å². The van der Waals surface area contributed by atoms with Crippen LogP contribution in [0.3, 0.4) is 0 Å². The molecule has 0 radical (unpaired) electrons. The molecule has 31 heavy (non-hydrogen) atoms. The summed E-state index contributed by atoms with van der Waals surface area (Å²) in [4.78, 5) is 0. The standard InChI is InChI=1S/C27H44O4/c1-15-7-10-27(30-14-15)16(2)24-23(31-27)12-20-18-6-5-17-11-21(28)22(29)13-26(17,4)19(18)8-9-25(20,24)3/h15-24,28-29H,5-14H2,1-4H3/t15-,16+,17-,18-,19+,20+,21+,22-,23+,24+,25-,26-,27+/m0/s1. The molecule has 2 N–H and O–H groups in total. The molecule has 0 amide bonds. The Morgan fingerprint density at radius 2 is 1.65 bits per heavy atom. The van der Waals surface area contributed by atoms with Crippen LogP contribution >= 0.6 is 0 Å². The summed E-state index contributed by atoms with van der Waals surface area (Å²) in [5.74, 6) is 4.21. The van der Waals surface area contributed by atoms with Crippen molar-refractivity contribution in [2.75, 3.05) is 6.61 Å². The van der Waals surface area contributed by atoms with Crippen molar-refractivity contribution in [3.63, 3.8) is 0 Å². The van der Waals surface area contributed by atoms with Crippen LogP contribution in [-0.2, 0) is 9.47 Å². The molecular weight excluding hydrogens is 388 g/mol. The Morgan fingerprint density at radius 1 is 0.839 bits per heavy atom. The molecule has 2 aliphatic heterocycles. The number of aliphatic hydroxyl groups excluding tert-OH is 2. The lowest BCUT2D eigenvalue weighted by Gasteiger charge is -2.61. The van der Waals surface area contributed by atoms with E-state index in [9.17, 15) is 10.2 Å². The van der Waals surface area contributed by atoms with Gasteiger partial charge in [0.25, 0.3) is 0 Å². The van der Waals surface area contributed by atoms with Gasteiger partial charge >= 0.3 is 0 Å². The Kier molecular flexibility index (Phi) is 4.78. The van der Waals surface area contributed by atoms with Crippen molar-refractivity contribution in [2.45, 2.75) is 110 Å². The van der Waals surface area contributed by atoms with Crippen molar-refractivity contribution in [3.8, 4) is 0 Å². The maximum atomic E-state index is 10.6. The molecule has 0 bridgehead atoms. The van der Waals surface area contributed by atoms with Gasteiger partial charge in [0.2, 0.25) is 0 Å². The van der Waals surface area contributed by atoms with E-state index in [0.717, 1.165) is 37.7 Å². The van der Waals surface area contributed by atoms with Crippen molar-refractivity contribution < 1.29 is 19.7 Å². The summed E-state index contributed by atoms with van der Waals surface area (Å²) in [6.07, 6.45) is 9.51. The normalized spacial score (nSPS) is 63.3. The Morgan fingerprint density at radius 3 is 2.39 bits per heavy atom. The summed E-state index contributed by atoms with van der Waals surface area (Å²) < 4.78 is 13.3. The second-order valence-corrected chi connectivity index (χ2v) is 13.2. The second kappa shape index (κ2) is 6.93. The first-order valence-corrected chi connectivity index (χ1v) is 13.4. The quantitative estimate of drug-likeness (QED) is 0.579. The van der Waals surface area contributed by atoms with E-state index >= 15 is 0 Å². The van der Waals surface area contributed by atoms with Crippen molar-refractivity contribution in [2.24, 2.45) is 52.3 Å². The Labute approximate surface area is 188 Å². The third-order valence-electron chi connectivity index (χ3n) is 12.0.